The standard InChI is InChI=1S/C8H15NO2/c1-6-4-2-3-5-7(6)9-8(10)11/h6-7,9H,2-5H2,1H3,(H,10,11)/t6-,7+/m0/s1. The van der Waals surface area contributed by atoms with E-state index in [4.69, 9.17) is 5.11 Å². The quantitative estimate of drug-likeness (QED) is 0.610. The number of rotatable bonds is 1. The topological polar surface area (TPSA) is 49.3 Å². The first-order chi connectivity index (χ1) is 5.20. The lowest BCUT2D eigenvalue weighted by Gasteiger charge is -2.28. The summed E-state index contributed by atoms with van der Waals surface area (Å²) in [5.41, 5.74) is 0. The van der Waals surface area contributed by atoms with Gasteiger partial charge in [-0.3, -0.25) is 0 Å². The van der Waals surface area contributed by atoms with Crippen molar-refractivity contribution in [3.63, 3.8) is 0 Å². The third-order valence-corrected chi connectivity index (χ3v) is 2.42. The highest BCUT2D eigenvalue weighted by Gasteiger charge is 2.22. The van der Waals surface area contributed by atoms with Gasteiger partial charge in [0.05, 0.1) is 0 Å². The van der Waals surface area contributed by atoms with E-state index in [2.05, 4.69) is 12.2 Å². The molecule has 1 fully saturated rings. The van der Waals surface area contributed by atoms with Crippen LogP contribution >= 0.6 is 0 Å². The van der Waals surface area contributed by atoms with Crippen LogP contribution in [0.1, 0.15) is 32.6 Å². The Bertz CT molecular complexity index is 147. The summed E-state index contributed by atoms with van der Waals surface area (Å²) in [7, 11) is 0. The minimum Gasteiger partial charge on any atom is -0.465 e. The fourth-order valence-corrected chi connectivity index (χ4v) is 1.69. The second kappa shape index (κ2) is 3.60. The molecule has 64 valence electrons. The fourth-order valence-electron chi connectivity index (χ4n) is 1.69. The van der Waals surface area contributed by atoms with Gasteiger partial charge >= 0.3 is 6.09 Å². The van der Waals surface area contributed by atoms with Gasteiger partial charge in [0, 0.05) is 6.04 Å². The smallest absolute Gasteiger partial charge is 0.404 e. The molecule has 1 aliphatic carbocycles. The van der Waals surface area contributed by atoms with Gasteiger partial charge in [-0.05, 0) is 18.8 Å². The molecule has 0 aliphatic heterocycles. The Kier molecular flexibility index (Phi) is 2.74. The number of carboxylic acid groups (broad SMARTS) is 1. The van der Waals surface area contributed by atoms with E-state index >= 15 is 0 Å². The Morgan fingerprint density at radius 2 is 2.09 bits per heavy atom. The minimum atomic E-state index is -0.885. The SMILES string of the molecule is C[C@H]1CCCC[C@H]1NC(=O)O. The zero-order chi connectivity index (χ0) is 8.27. The summed E-state index contributed by atoms with van der Waals surface area (Å²) in [4.78, 5) is 10.3. The molecule has 0 radical (unpaired) electrons. The van der Waals surface area contributed by atoms with Gasteiger partial charge in [-0.2, -0.15) is 0 Å². The summed E-state index contributed by atoms with van der Waals surface area (Å²) >= 11 is 0. The van der Waals surface area contributed by atoms with Crippen LogP contribution in [0.3, 0.4) is 0 Å². The van der Waals surface area contributed by atoms with Crippen LogP contribution in [0.25, 0.3) is 0 Å². The summed E-state index contributed by atoms with van der Waals surface area (Å²) in [5, 5.41) is 11.0. The molecule has 1 aliphatic rings. The fraction of sp³-hybridized carbons (Fsp3) is 0.875. The summed E-state index contributed by atoms with van der Waals surface area (Å²) in [6.07, 6.45) is 3.69. The van der Waals surface area contributed by atoms with Crippen molar-refractivity contribution in [1.29, 1.82) is 0 Å². The number of hydrogen-bond acceptors (Lipinski definition) is 1. The van der Waals surface area contributed by atoms with Crippen LogP contribution in [0.15, 0.2) is 0 Å². The molecule has 1 amide bonds. The van der Waals surface area contributed by atoms with Gasteiger partial charge in [-0.15, -0.1) is 0 Å². The molecule has 0 saturated heterocycles. The molecule has 1 rings (SSSR count). The van der Waals surface area contributed by atoms with E-state index in [0.29, 0.717) is 5.92 Å². The predicted octanol–water partition coefficient (Wildman–Crippen LogP) is 1.83. The molecule has 2 N–H and O–H groups in total. The summed E-state index contributed by atoms with van der Waals surface area (Å²) in [6.45, 7) is 2.11. The van der Waals surface area contributed by atoms with Crippen LogP contribution in [0.5, 0.6) is 0 Å². The molecule has 2 atom stereocenters. The van der Waals surface area contributed by atoms with Gasteiger partial charge in [0.25, 0.3) is 0 Å². The van der Waals surface area contributed by atoms with Gasteiger partial charge in [-0.1, -0.05) is 19.8 Å². The molecule has 0 aromatic heterocycles. The van der Waals surface area contributed by atoms with Crippen molar-refractivity contribution in [3.8, 4) is 0 Å². The highest BCUT2D eigenvalue weighted by molar-refractivity contribution is 5.64. The van der Waals surface area contributed by atoms with E-state index in [-0.39, 0.29) is 6.04 Å². The Morgan fingerprint density at radius 1 is 1.45 bits per heavy atom. The zero-order valence-corrected chi connectivity index (χ0v) is 6.84. The van der Waals surface area contributed by atoms with E-state index < -0.39 is 6.09 Å². The first-order valence-corrected chi connectivity index (χ1v) is 4.19. The third kappa shape index (κ3) is 2.41. The molecular formula is C8H15NO2. The maximum Gasteiger partial charge on any atom is 0.404 e. The maximum absolute atomic E-state index is 10.3. The molecule has 0 bridgehead atoms. The van der Waals surface area contributed by atoms with Crippen LogP contribution in [0.2, 0.25) is 0 Å². The van der Waals surface area contributed by atoms with Crippen LogP contribution < -0.4 is 5.32 Å². The zero-order valence-electron chi connectivity index (χ0n) is 6.84. The van der Waals surface area contributed by atoms with Gasteiger partial charge in [0.1, 0.15) is 0 Å². The lowest BCUT2D eigenvalue weighted by atomic mass is 9.86. The lowest BCUT2D eigenvalue weighted by Crippen LogP contribution is -2.40. The summed E-state index contributed by atoms with van der Waals surface area (Å²) in [5.74, 6) is 0.514. The molecule has 0 heterocycles. The van der Waals surface area contributed by atoms with Gasteiger partial charge < -0.3 is 10.4 Å². The molecule has 0 spiro atoms. The molecule has 0 aromatic carbocycles. The second-order valence-electron chi connectivity index (χ2n) is 3.32. The summed E-state index contributed by atoms with van der Waals surface area (Å²) < 4.78 is 0. The van der Waals surface area contributed by atoms with Gasteiger partial charge in [0.15, 0.2) is 0 Å². The molecule has 1 saturated carbocycles. The summed E-state index contributed by atoms with van der Waals surface area (Å²) in [6, 6.07) is 0.196. The van der Waals surface area contributed by atoms with Crippen molar-refractivity contribution in [2.24, 2.45) is 5.92 Å². The second-order valence-corrected chi connectivity index (χ2v) is 3.32. The molecule has 3 nitrogen and oxygen atoms in total. The maximum atomic E-state index is 10.3. The average Bonchev–Trinajstić information content (AvgIpc) is 1.93. The Labute approximate surface area is 66.8 Å². The van der Waals surface area contributed by atoms with Crippen molar-refractivity contribution < 1.29 is 9.90 Å². The Balaban J connectivity index is 2.35. The predicted molar refractivity (Wildman–Crippen MR) is 42.6 cm³/mol. The van der Waals surface area contributed by atoms with Gasteiger partial charge in [0.2, 0.25) is 0 Å². The first-order valence-electron chi connectivity index (χ1n) is 4.19. The molecule has 0 unspecified atom stereocenters. The highest BCUT2D eigenvalue weighted by Crippen LogP contribution is 2.23. The number of carbonyl (C=O) groups is 1. The molecular weight excluding hydrogens is 142 g/mol. The minimum absolute atomic E-state index is 0.196. The van der Waals surface area contributed by atoms with Crippen molar-refractivity contribution in [2.75, 3.05) is 0 Å². The van der Waals surface area contributed by atoms with Crippen LogP contribution in [-0.4, -0.2) is 17.2 Å². The molecule has 0 aromatic rings. The molecule has 3 heteroatoms. The number of amides is 1. The van der Waals surface area contributed by atoms with E-state index in [9.17, 15) is 4.79 Å². The highest BCUT2D eigenvalue weighted by atomic mass is 16.4. The monoisotopic (exact) mass is 157 g/mol. The van der Waals surface area contributed by atoms with E-state index in [1.165, 1.54) is 6.42 Å². The Morgan fingerprint density at radius 3 is 2.64 bits per heavy atom. The van der Waals surface area contributed by atoms with Crippen molar-refractivity contribution in [2.45, 2.75) is 38.6 Å². The van der Waals surface area contributed by atoms with Crippen LogP contribution in [0, 0.1) is 5.92 Å². The Hall–Kier alpha value is -0.730. The number of hydrogen-bond donors (Lipinski definition) is 2. The normalized spacial score (nSPS) is 31.4. The number of nitrogens with one attached hydrogen (secondary N) is 1. The van der Waals surface area contributed by atoms with Crippen molar-refractivity contribution in [1.82, 2.24) is 5.32 Å². The van der Waals surface area contributed by atoms with E-state index in [1.807, 2.05) is 0 Å². The molecule has 11 heavy (non-hydrogen) atoms. The van der Waals surface area contributed by atoms with Crippen molar-refractivity contribution in [3.05, 3.63) is 0 Å². The van der Waals surface area contributed by atoms with E-state index in [0.717, 1.165) is 19.3 Å². The third-order valence-electron chi connectivity index (χ3n) is 2.42. The van der Waals surface area contributed by atoms with Crippen LogP contribution in [-0.2, 0) is 0 Å². The van der Waals surface area contributed by atoms with E-state index in [1.54, 1.807) is 0 Å². The average molecular weight is 157 g/mol. The van der Waals surface area contributed by atoms with Crippen molar-refractivity contribution >= 4 is 6.09 Å². The van der Waals surface area contributed by atoms with Crippen LogP contribution in [0.4, 0.5) is 4.79 Å². The first kappa shape index (κ1) is 8.37. The van der Waals surface area contributed by atoms with Gasteiger partial charge in [-0.25, -0.2) is 4.79 Å². The largest absolute Gasteiger partial charge is 0.465 e. The lowest BCUT2D eigenvalue weighted by molar-refractivity contribution is 0.178.